The summed E-state index contributed by atoms with van der Waals surface area (Å²) >= 11 is 0. The third-order valence-electron chi connectivity index (χ3n) is 2.88. The summed E-state index contributed by atoms with van der Waals surface area (Å²) in [6.07, 6.45) is 1.01. The van der Waals surface area contributed by atoms with Crippen molar-refractivity contribution < 1.29 is 4.74 Å². The summed E-state index contributed by atoms with van der Waals surface area (Å²) in [5, 5.41) is 8.54. The molecule has 0 amide bonds. The van der Waals surface area contributed by atoms with Gasteiger partial charge in [0.2, 0.25) is 0 Å². The number of benzene rings is 1. The van der Waals surface area contributed by atoms with Crippen LogP contribution in [0.25, 0.3) is 11.3 Å². The van der Waals surface area contributed by atoms with E-state index in [1.54, 1.807) is 0 Å². The molecule has 0 N–H and O–H groups in total. The lowest BCUT2D eigenvalue weighted by Gasteiger charge is -2.07. The fourth-order valence-electron chi connectivity index (χ4n) is 1.77. The lowest BCUT2D eigenvalue weighted by atomic mass is 10.1. The zero-order valence-corrected chi connectivity index (χ0v) is 11.8. The smallest absolute Gasteiger partial charge is 0.119 e. The molecule has 0 aliphatic heterocycles. The molecule has 0 bridgehead atoms. The van der Waals surface area contributed by atoms with Gasteiger partial charge < -0.3 is 4.74 Å². The Balaban J connectivity index is 2.21. The van der Waals surface area contributed by atoms with Crippen LogP contribution in [0.5, 0.6) is 5.75 Å². The minimum Gasteiger partial charge on any atom is -0.494 e. The lowest BCUT2D eigenvalue weighted by Crippen LogP contribution is -1.97. The molecule has 0 fully saturated rings. The van der Waals surface area contributed by atoms with Crippen LogP contribution in [0.4, 0.5) is 0 Å². The van der Waals surface area contributed by atoms with Crippen LogP contribution in [0, 0.1) is 0 Å². The maximum Gasteiger partial charge on any atom is 0.119 e. The molecule has 2 rings (SSSR count). The monoisotopic (exact) mass is 256 g/mol. The second kappa shape index (κ2) is 6.32. The summed E-state index contributed by atoms with van der Waals surface area (Å²) in [6, 6.07) is 12.0. The second-order valence-electron chi connectivity index (χ2n) is 4.87. The number of aromatic nitrogens is 2. The van der Waals surface area contributed by atoms with E-state index in [4.69, 9.17) is 4.74 Å². The maximum atomic E-state index is 5.63. The third kappa shape index (κ3) is 3.53. The van der Waals surface area contributed by atoms with Crippen LogP contribution in [0.15, 0.2) is 36.4 Å². The molecule has 0 saturated heterocycles. The van der Waals surface area contributed by atoms with E-state index in [1.807, 2.05) is 36.4 Å². The van der Waals surface area contributed by atoms with Gasteiger partial charge in [-0.05, 0) is 36.6 Å². The van der Waals surface area contributed by atoms with Gasteiger partial charge in [0.1, 0.15) is 5.75 Å². The van der Waals surface area contributed by atoms with Crippen molar-refractivity contribution in [1.29, 1.82) is 0 Å². The van der Waals surface area contributed by atoms with E-state index in [0.717, 1.165) is 35.7 Å². The maximum absolute atomic E-state index is 5.63. The SMILES string of the molecule is CCCOc1cccc(-c2ccc(C(C)C)nn2)c1. The lowest BCUT2D eigenvalue weighted by molar-refractivity contribution is 0.317. The van der Waals surface area contributed by atoms with Crippen molar-refractivity contribution >= 4 is 0 Å². The second-order valence-corrected chi connectivity index (χ2v) is 4.87. The predicted molar refractivity (Wildman–Crippen MR) is 77.3 cm³/mol. The van der Waals surface area contributed by atoms with Crippen molar-refractivity contribution in [3.05, 3.63) is 42.1 Å². The van der Waals surface area contributed by atoms with Gasteiger partial charge in [-0.25, -0.2) is 0 Å². The van der Waals surface area contributed by atoms with Crippen molar-refractivity contribution in [3.63, 3.8) is 0 Å². The number of hydrogen-bond donors (Lipinski definition) is 0. The van der Waals surface area contributed by atoms with Crippen LogP contribution in [-0.4, -0.2) is 16.8 Å². The van der Waals surface area contributed by atoms with Gasteiger partial charge in [-0.15, -0.1) is 0 Å². The van der Waals surface area contributed by atoms with Crippen molar-refractivity contribution in [1.82, 2.24) is 10.2 Å². The van der Waals surface area contributed by atoms with Gasteiger partial charge in [-0.3, -0.25) is 0 Å². The molecule has 3 nitrogen and oxygen atoms in total. The molecular formula is C16H20N2O. The van der Waals surface area contributed by atoms with E-state index in [0.29, 0.717) is 5.92 Å². The largest absolute Gasteiger partial charge is 0.494 e. The number of hydrogen-bond acceptors (Lipinski definition) is 3. The van der Waals surface area contributed by atoms with E-state index in [-0.39, 0.29) is 0 Å². The minimum absolute atomic E-state index is 0.403. The van der Waals surface area contributed by atoms with Crippen molar-refractivity contribution in [2.45, 2.75) is 33.1 Å². The molecule has 0 aliphatic rings. The van der Waals surface area contributed by atoms with E-state index >= 15 is 0 Å². The molecule has 2 aromatic rings. The highest BCUT2D eigenvalue weighted by Gasteiger charge is 2.05. The molecular weight excluding hydrogens is 236 g/mol. The Morgan fingerprint density at radius 2 is 1.95 bits per heavy atom. The van der Waals surface area contributed by atoms with Gasteiger partial charge in [0.25, 0.3) is 0 Å². The third-order valence-corrected chi connectivity index (χ3v) is 2.88. The summed E-state index contributed by atoms with van der Waals surface area (Å²) in [4.78, 5) is 0. The minimum atomic E-state index is 0.403. The summed E-state index contributed by atoms with van der Waals surface area (Å²) in [6.45, 7) is 7.06. The first kappa shape index (κ1) is 13.5. The van der Waals surface area contributed by atoms with Gasteiger partial charge in [-0.2, -0.15) is 10.2 Å². The zero-order valence-electron chi connectivity index (χ0n) is 11.8. The van der Waals surface area contributed by atoms with E-state index in [2.05, 4.69) is 31.0 Å². The van der Waals surface area contributed by atoms with Crippen molar-refractivity contribution in [2.75, 3.05) is 6.61 Å². The molecule has 3 heteroatoms. The molecule has 0 unspecified atom stereocenters. The molecule has 1 heterocycles. The molecule has 1 aromatic heterocycles. The molecule has 1 aromatic carbocycles. The summed E-state index contributed by atoms with van der Waals surface area (Å²) in [5.41, 5.74) is 2.94. The highest BCUT2D eigenvalue weighted by Crippen LogP contribution is 2.22. The first-order chi connectivity index (χ1) is 9.20. The summed E-state index contributed by atoms with van der Waals surface area (Å²) in [5.74, 6) is 1.29. The summed E-state index contributed by atoms with van der Waals surface area (Å²) in [7, 11) is 0. The Labute approximate surface area is 114 Å². The Hall–Kier alpha value is -1.90. The Morgan fingerprint density at radius 3 is 2.58 bits per heavy atom. The molecule has 19 heavy (non-hydrogen) atoms. The average molecular weight is 256 g/mol. The molecule has 0 saturated carbocycles. The van der Waals surface area contributed by atoms with Gasteiger partial charge >= 0.3 is 0 Å². The van der Waals surface area contributed by atoms with Crippen molar-refractivity contribution in [2.24, 2.45) is 0 Å². The zero-order chi connectivity index (χ0) is 13.7. The van der Waals surface area contributed by atoms with Crippen LogP contribution in [-0.2, 0) is 0 Å². The van der Waals surface area contributed by atoms with Gasteiger partial charge in [0.05, 0.1) is 18.0 Å². The predicted octanol–water partition coefficient (Wildman–Crippen LogP) is 4.06. The molecule has 0 aliphatic carbocycles. The molecule has 100 valence electrons. The fraction of sp³-hybridized carbons (Fsp3) is 0.375. The van der Waals surface area contributed by atoms with Crippen LogP contribution < -0.4 is 4.74 Å². The average Bonchev–Trinajstić information content (AvgIpc) is 2.45. The first-order valence-electron chi connectivity index (χ1n) is 6.77. The standard InChI is InChI=1S/C16H20N2O/c1-4-10-19-14-7-5-6-13(11-14)16-9-8-15(12(2)3)17-18-16/h5-9,11-12H,4,10H2,1-3H3. The quantitative estimate of drug-likeness (QED) is 0.809. The van der Waals surface area contributed by atoms with Gasteiger partial charge in [0.15, 0.2) is 0 Å². The van der Waals surface area contributed by atoms with E-state index < -0.39 is 0 Å². The summed E-state index contributed by atoms with van der Waals surface area (Å²) < 4.78 is 5.63. The molecule has 0 atom stereocenters. The number of ether oxygens (including phenoxy) is 1. The number of rotatable bonds is 5. The van der Waals surface area contributed by atoms with Crippen LogP contribution in [0.3, 0.4) is 0 Å². The highest BCUT2D eigenvalue weighted by atomic mass is 16.5. The molecule has 0 spiro atoms. The van der Waals surface area contributed by atoms with E-state index in [9.17, 15) is 0 Å². The Morgan fingerprint density at radius 1 is 1.11 bits per heavy atom. The number of nitrogens with zero attached hydrogens (tertiary/aromatic N) is 2. The van der Waals surface area contributed by atoms with Gasteiger partial charge in [0, 0.05) is 5.56 Å². The van der Waals surface area contributed by atoms with Crippen LogP contribution >= 0.6 is 0 Å². The van der Waals surface area contributed by atoms with Gasteiger partial charge in [-0.1, -0.05) is 32.9 Å². The normalized spacial score (nSPS) is 10.7. The Kier molecular flexibility index (Phi) is 4.50. The fourth-order valence-corrected chi connectivity index (χ4v) is 1.77. The van der Waals surface area contributed by atoms with Crippen LogP contribution in [0.1, 0.15) is 38.8 Å². The highest BCUT2D eigenvalue weighted by molar-refractivity contribution is 5.60. The first-order valence-corrected chi connectivity index (χ1v) is 6.77. The Bertz CT molecular complexity index is 521. The van der Waals surface area contributed by atoms with Crippen molar-refractivity contribution in [3.8, 4) is 17.0 Å². The topological polar surface area (TPSA) is 35.0 Å². The van der Waals surface area contributed by atoms with E-state index in [1.165, 1.54) is 0 Å². The van der Waals surface area contributed by atoms with Crippen LogP contribution in [0.2, 0.25) is 0 Å². The molecule has 0 radical (unpaired) electrons.